The highest BCUT2D eigenvalue weighted by atomic mass is 32.2. The zero-order valence-corrected chi connectivity index (χ0v) is 15.1. The molecule has 0 aromatic heterocycles. The number of carbonyl (C=O) groups excluding carboxylic acids is 1. The molecule has 1 unspecified atom stereocenters. The maximum absolute atomic E-state index is 12.4. The fraction of sp³-hybridized carbons (Fsp3) is 0.222. The first kappa shape index (κ1) is 16.8. The van der Waals surface area contributed by atoms with Gasteiger partial charge in [-0.05, 0) is 30.7 Å². The first-order chi connectivity index (χ1) is 11.5. The number of para-hydroxylation sites is 1. The van der Waals surface area contributed by atoms with Crippen molar-refractivity contribution in [2.24, 2.45) is 0 Å². The Kier molecular flexibility index (Phi) is 4.78. The van der Waals surface area contributed by atoms with E-state index in [1.165, 1.54) is 11.8 Å². The topological polar surface area (TPSA) is 38.8 Å². The standard InChI is InChI=1S/C18H17NO3S2/c1-4-8-19-17(20)15(24-18(19)23)10-13-9-12-6-5-7-14(21-3)16(12)22-11(13)2/h4-7,9-11H,1,8H2,2-3H3/b15-10-. The molecule has 1 fully saturated rings. The van der Waals surface area contributed by atoms with Crippen molar-refractivity contribution in [1.82, 2.24) is 4.90 Å². The van der Waals surface area contributed by atoms with Gasteiger partial charge in [-0.1, -0.05) is 42.2 Å². The SMILES string of the molecule is C=CCN1C(=O)/C(=C/C2=Cc3cccc(OC)c3OC2C)SC1=S. The minimum atomic E-state index is -0.184. The van der Waals surface area contributed by atoms with Crippen molar-refractivity contribution < 1.29 is 14.3 Å². The Morgan fingerprint density at radius 1 is 1.50 bits per heavy atom. The molecule has 0 bridgehead atoms. The maximum atomic E-state index is 12.4. The lowest BCUT2D eigenvalue weighted by atomic mass is 10.0. The van der Waals surface area contributed by atoms with Crippen molar-refractivity contribution >= 4 is 40.3 Å². The third-order valence-electron chi connectivity index (χ3n) is 3.80. The Morgan fingerprint density at radius 2 is 2.29 bits per heavy atom. The molecular formula is C18H17NO3S2. The minimum absolute atomic E-state index is 0.0885. The van der Waals surface area contributed by atoms with Crippen LogP contribution in [0.15, 0.2) is 47.4 Å². The molecule has 2 heterocycles. The quantitative estimate of drug-likeness (QED) is 0.465. The molecule has 1 saturated heterocycles. The van der Waals surface area contributed by atoms with E-state index < -0.39 is 0 Å². The number of methoxy groups -OCH3 is 1. The number of fused-ring (bicyclic) bond motifs is 1. The third kappa shape index (κ3) is 2.99. The number of benzene rings is 1. The number of hydrogen-bond donors (Lipinski definition) is 0. The molecule has 0 radical (unpaired) electrons. The van der Waals surface area contributed by atoms with Crippen LogP contribution in [0.25, 0.3) is 6.08 Å². The van der Waals surface area contributed by atoms with Gasteiger partial charge in [-0.2, -0.15) is 0 Å². The number of ether oxygens (including phenoxy) is 2. The van der Waals surface area contributed by atoms with Crippen LogP contribution in [0.3, 0.4) is 0 Å². The van der Waals surface area contributed by atoms with Crippen molar-refractivity contribution in [3.05, 3.63) is 53.0 Å². The predicted molar refractivity (Wildman–Crippen MR) is 101 cm³/mol. The van der Waals surface area contributed by atoms with Gasteiger partial charge in [-0.15, -0.1) is 6.58 Å². The fourth-order valence-corrected chi connectivity index (χ4v) is 3.85. The summed E-state index contributed by atoms with van der Waals surface area (Å²) in [6, 6.07) is 5.74. The highest BCUT2D eigenvalue weighted by Crippen LogP contribution is 2.39. The van der Waals surface area contributed by atoms with Crippen LogP contribution in [0, 0.1) is 0 Å². The van der Waals surface area contributed by atoms with Gasteiger partial charge >= 0.3 is 0 Å². The Bertz CT molecular complexity index is 782. The number of carbonyl (C=O) groups is 1. The molecule has 0 N–H and O–H groups in total. The van der Waals surface area contributed by atoms with E-state index in [0.717, 1.165) is 16.9 Å². The lowest BCUT2D eigenvalue weighted by molar-refractivity contribution is -0.121. The van der Waals surface area contributed by atoms with Crippen LogP contribution >= 0.6 is 24.0 Å². The average molecular weight is 359 g/mol. The van der Waals surface area contributed by atoms with E-state index in [2.05, 4.69) is 6.58 Å². The molecule has 0 aliphatic carbocycles. The van der Waals surface area contributed by atoms with E-state index in [9.17, 15) is 4.79 Å². The van der Waals surface area contributed by atoms with Gasteiger partial charge in [0.15, 0.2) is 11.5 Å². The van der Waals surface area contributed by atoms with Gasteiger partial charge in [-0.3, -0.25) is 9.69 Å². The van der Waals surface area contributed by atoms with Crippen LogP contribution in [0.2, 0.25) is 0 Å². The predicted octanol–water partition coefficient (Wildman–Crippen LogP) is 3.79. The fourth-order valence-electron chi connectivity index (χ4n) is 2.57. The van der Waals surface area contributed by atoms with Crippen LogP contribution in [0.1, 0.15) is 12.5 Å². The molecule has 2 aliphatic rings. The number of hydrogen-bond acceptors (Lipinski definition) is 5. The second kappa shape index (κ2) is 6.83. The van der Waals surface area contributed by atoms with Gasteiger partial charge in [0.2, 0.25) is 0 Å². The number of thioether (sulfide) groups is 1. The molecular weight excluding hydrogens is 342 g/mol. The Hall–Kier alpha value is -2.05. The van der Waals surface area contributed by atoms with E-state index in [0.29, 0.717) is 21.5 Å². The van der Waals surface area contributed by atoms with E-state index in [1.807, 2.05) is 37.3 Å². The van der Waals surface area contributed by atoms with E-state index >= 15 is 0 Å². The number of thiocarbonyl (C=S) groups is 1. The van der Waals surface area contributed by atoms with Crippen molar-refractivity contribution in [2.45, 2.75) is 13.0 Å². The molecule has 4 nitrogen and oxygen atoms in total. The minimum Gasteiger partial charge on any atom is -0.493 e. The van der Waals surface area contributed by atoms with Gasteiger partial charge < -0.3 is 9.47 Å². The van der Waals surface area contributed by atoms with Crippen LogP contribution in [-0.4, -0.2) is 34.9 Å². The molecule has 1 aromatic carbocycles. The second-order valence-electron chi connectivity index (χ2n) is 5.36. The van der Waals surface area contributed by atoms with Crippen LogP contribution in [0.4, 0.5) is 0 Å². The lowest BCUT2D eigenvalue weighted by Gasteiger charge is -2.24. The molecule has 1 aromatic rings. The summed E-state index contributed by atoms with van der Waals surface area (Å²) in [4.78, 5) is 14.6. The van der Waals surface area contributed by atoms with E-state index in [1.54, 1.807) is 18.1 Å². The molecule has 1 atom stereocenters. The van der Waals surface area contributed by atoms with Crippen LogP contribution in [0.5, 0.6) is 11.5 Å². The normalized spacial score (nSPS) is 21.4. The summed E-state index contributed by atoms with van der Waals surface area (Å²) in [5.74, 6) is 1.34. The Labute approximate surface area is 150 Å². The van der Waals surface area contributed by atoms with Crippen molar-refractivity contribution in [2.75, 3.05) is 13.7 Å². The average Bonchev–Trinajstić information content (AvgIpc) is 2.83. The summed E-state index contributed by atoms with van der Waals surface area (Å²) >= 11 is 6.57. The third-order valence-corrected chi connectivity index (χ3v) is 5.18. The Balaban J connectivity index is 1.95. The summed E-state index contributed by atoms with van der Waals surface area (Å²) < 4.78 is 11.9. The molecule has 3 rings (SSSR count). The van der Waals surface area contributed by atoms with Gasteiger partial charge in [0, 0.05) is 12.1 Å². The molecule has 24 heavy (non-hydrogen) atoms. The van der Waals surface area contributed by atoms with Crippen molar-refractivity contribution in [1.29, 1.82) is 0 Å². The molecule has 1 amide bonds. The van der Waals surface area contributed by atoms with Gasteiger partial charge in [0.05, 0.1) is 12.0 Å². The van der Waals surface area contributed by atoms with Gasteiger partial charge in [-0.25, -0.2) is 0 Å². The maximum Gasteiger partial charge on any atom is 0.266 e. The summed E-state index contributed by atoms with van der Waals surface area (Å²) in [6.45, 7) is 6.03. The zero-order chi connectivity index (χ0) is 17.3. The van der Waals surface area contributed by atoms with Gasteiger partial charge in [0.25, 0.3) is 5.91 Å². The Morgan fingerprint density at radius 3 is 3.00 bits per heavy atom. The van der Waals surface area contributed by atoms with Crippen LogP contribution in [-0.2, 0) is 4.79 Å². The van der Waals surface area contributed by atoms with Crippen molar-refractivity contribution in [3.8, 4) is 11.5 Å². The summed E-state index contributed by atoms with van der Waals surface area (Å²) in [7, 11) is 1.62. The number of rotatable bonds is 4. The highest BCUT2D eigenvalue weighted by Gasteiger charge is 2.32. The zero-order valence-electron chi connectivity index (χ0n) is 13.4. The first-order valence-electron chi connectivity index (χ1n) is 7.46. The molecule has 124 valence electrons. The largest absolute Gasteiger partial charge is 0.493 e. The summed E-state index contributed by atoms with van der Waals surface area (Å²) in [5, 5.41) is 0. The van der Waals surface area contributed by atoms with Crippen LogP contribution < -0.4 is 9.47 Å². The van der Waals surface area contributed by atoms with Crippen molar-refractivity contribution in [3.63, 3.8) is 0 Å². The smallest absolute Gasteiger partial charge is 0.266 e. The molecule has 0 spiro atoms. The first-order valence-corrected chi connectivity index (χ1v) is 8.69. The molecule has 2 aliphatic heterocycles. The number of nitrogens with zero attached hydrogens (tertiary/aromatic N) is 1. The summed E-state index contributed by atoms with van der Waals surface area (Å²) in [6.07, 6.45) is 5.36. The molecule has 0 saturated carbocycles. The monoisotopic (exact) mass is 359 g/mol. The van der Waals surface area contributed by atoms with E-state index in [-0.39, 0.29) is 12.0 Å². The summed E-state index contributed by atoms with van der Waals surface area (Å²) in [5.41, 5.74) is 1.86. The van der Waals surface area contributed by atoms with Gasteiger partial charge in [0.1, 0.15) is 10.4 Å². The number of amides is 1. The van der Waals surface area contributed by atoms with E-state index in [4.69, 9.17) is 21.7 Å². The lowest BCUT2D eigenvalue weighted by Crippen LogP contribution is -2.28. The highest BCUT2D eigenvalue weighted by molar-refractivity contribution is 8.26. The molecule has 6 heteroatoms. The second-order valence-corrected chi connectivity index (χ2v) is 7.04.